The molecule has 0 radical (unpaired) electrons. The van der Waals surface area contributed by atoms with E-state index in [9.17, 15) is 14.4 Å². The van der Waals surface area contributed by atoms with Gasteiger partial charge in [-0.05, 0) is 0 Å². The molecule has 0 aliphatic heterocycles. The lowest BCUT2D eigenvalue weighted by molar-refractivity contribution is -0.131. The van der Waals surface area contributed by atoms with Crippen molar-refractivity contribution in [2.75, 3.05) is 7.05 Å². The first-order chi connectivity index (χ1) is 11.5. The van der Waals surface area contributed by atoms with Crippen molar-refractivity contribution in [2.45, 2.75) is 19.0 Å². The molecular formula is C15H18N6O3. The highest BCUT2D eigenvalue weighted by molar-refractivity contribution is 5.91. The predicted octanol–water partition coefficient (Wildman–Crippen LogP) is -0.949. The van der Waals surface area contributed by atoms with Crippen LogP contribution in [0.15, 0.2) is 36.5 Å². The van der Waals surface area contributed by atoms with Gasteiger partial charge in [-0.3, -0.25) is 14.4 Å². The van der Waals surface area contributed by atoms with E-state index in [1.165, 1.54) is 11.7 Å². The number of primary amides is 1. The summed E-state index contributed by atoms with van der Waals surface area (Å²) in [5.74, 6) is -1.66. The molecule has 1 aromatic heterocycles. The maximum atomic E-state index is 12.0. The fourth-order valence-corrected chi connectivity index (χ4v) is 2.09. The van der Waals surface area contributed by atoms with Crippen LogP contribution in [-0.4, -0.2) is 45.8 Å². The first-order valence-electron chi connectivity index (χ1n) is 7.24. The zero-order valence-corrected chi connectivity index (χ0v) is 13.1. The Balaban J connectivity index is 2.00. The molecule has 0 saturated heterocycles. The Morgan fingerprint density at radius 3 is 2.58 bits per heavy atom. The number of rotatable bonds is 7. The van der Waals surface area contributed by atoms with Gasteiger partial charge in [0.2, 0.25) is 17.7 Å². The summed E-state index contributed by atoms with van der Waals surface area (Å²) in [6.45, 7) is -0.133. The second-order valence-electron chi connectivity index (χ2n) is 5.07. The van der Waals surface area contributed by atoms with Crippen LogP contribution in [0.1, 0.15) is 6.42 Å². The van der Waals surface area contributed by atoms with Crippen molar-refractivity contribution in [3.63, 3.8) is 0 Å². The number of aromatic nitrogens is 3. The highest BCUT2D eigenvalue weighted by atomic mass is 16.2. The van der Waals surface area contributed by atoms with Crippen molar-refractivity contribution in [2.24, 2.45) is 5.73 Å². The van der Waals surface area contributed by atoms with Gasteiger partial charge in [0.15, 0.2) is 0 Å². The zero-order chi connectivity index (χ0) is 17.5. The Hall–Kier alpha value is -3.23. The second kappa shape index (κ2) is 7.86. The van der Waals surface area contributed by atoms with E-state index >= 15 is 0 Å². The summed E-state index contributed by atoms with van der Waals surface area (Å²) in [6, 6.07) is 8.37. The summed E-state index contributed by atoms with van der Waals surface area (Å²) >= 11 is 0. The Morgan fingerprint density at radius 2 is 1.96 bits per heavy atom. The van der Waals surface area contributed by atoms with Gasteiger partial charge < -0.3 is 16.4 Å². The van der Waals surface area contributed by atoms with Gasteiger partial charge in [-0.25, -0.2) is 4.68 Å². The summed E-state index contributed by atoms with van der Waals surface area (Å²) in [5.41, 5.74) is 6.59. The van der Waals surface area contributed by atoms with Gasteiger partial charge in [-0.2, -0.15) is 0 Å². The standard InChI is InChI=1S/C15H18N6O3/c1-17-15(24)11(7-13(16)22)18-14(23)9-21-8-12(19-20-21)10-5-3-2-4-6-10/h2-6,8,11H,7,9H2,1H3,(H2,16,22)(H,17,24)(H,18,23)/t11-/m0/s1. The molecule has 1 atom stereocenters. The molecule has 2 rings (SSSR count). The van der Waals surface area contributed by atoms with Gasteiger partial charge in [-0.1, -0.05) is 35.5 Å². The molecule has 3 amide bonds. The quantitative estimate of drug-likeness (QED) is 0.602. The lowest BCUT2D eigenvalue weighted by Crippen LogP contribution is -2.48. The third-order valence-electron chi connectivity index (χ3n) is 3.22. The van der Waals surface area contributed by atoms with Crippen molar-refractivity contribution in [3.05, 3.63) is 36.5 Å². The fraction of sp³-hybridized carbons (Fsp3) is 0.267. The van der Waals surface area contributed by atoms with E-state index in [4.69, 9.17) is 5.73 Å². The molecule has 9 heteroatoms. The summed E-state index contributed by atoms with van der Waals surface area (Å²) in [4.78, 5) is 34.7. The first kappa shape index (κ1) is 17.1. The molecule has 0 spiro atoms. The molecule has 0 bridgehead atoms. The summed E-state index contributed by atoms with van der Waals surface area (Å²) in [6.07, 6.45) is 1.34. The molecular weight excluding hydrogens is 312 g/mol. The number of hydrogen-bond acceptors (Lipinski definition) is 5. The molecule has 126 valence electrons. The predicted molar refractivity (Wildman–Crippen MR) is 85.3 cm³/mol. The Morgan fingerprint density at radius 1 is 1.25 bits per heavy atom. The van der Waals surface area contributed by atoms with Crippen molar-refractivity contribution in [1.82, 2.24) is 25.6 Å². The second-order valence-corrected chi connectivity index (χ2v) is 5.07. The number of nitrogens with zero attached hydrogens (tertiary/aromatic N) is 3. The average molecular weight is 330 g/mol. The van der Waals surface area contributed by atoms with E-state index in [1.54, 1.807) is 6.20 Å². The summed E-state index contributed by atoms with van der Waals surface area (Å²) in [7, 11) is 1.41. The molecule has 2 aromatic rings. The molecule has 0 saturated carbocycles. The van der Waals surface area contributed by atoms with E-state index in [2.05, 4.69) is 20.9 Å². The number of nitrogens with two attached hydrogens (primary N) is 1. The normalized spacial score (nSPS) is 11.5. The lowest BCUT2D eigenvalue weighted by atomic mass is 10.2. The molecule has 1 heterocycles. The monoisotopic (exact) mass is 330 g/mol. The molecule has 9 nitrogen and oxygen atoms in total. The van der Waals surface area contributed by atoms with E-state index in [-0.39, 0.29) is 13.0 Å². The van der Waals surface area contributed by atoms with Crippen LogP contribution in [0.2, 0.25) is 0 Å². The zero-order valence-electron chi connectivity index (χ0n) is 13.1. The third-order valence-corrected chi connectivity index (χ3v) is 3.22. The average Bonchev–Trinajstić information content (AvgIpc) is 3.02. The number of carbonyl (C=O) groups excluding carboxylic acids is 3. The van der Waals surface area contributed by atoms with Crippen molar-refractivity contribution in [1.29, 1.82) is 0 Å². The highest BCUT2D eigenvalue weighted by Gasteiger charge is 2.22. The van der Waals surface area contributed by atoms with Crippen LogP contribution in [0.25, 0.3) is 11.3 Å². The van der Waals surface area contributed by atoms with Gasteiger partial charge in [-0.15, -0.1) is 5.10 Å². The maximum Gasteiger partial charge on any atom is 0.242 e. The largest absolute Gasteiger partial charge is 0.370 e. The number of nitrogens with one attached hydrogen (secondary N) is 2. The van der Waals surface area contributed by atoms with E-state index in [0.29, 0.717) is 5.69 Å². The van der Waals surface area contributed by atoms with Crippen LogP contribution in [-0.2, 0) is 20.9 Å². The van der Waals surface area contributed by atoms with Gasteiger partial charge in [0, 0.05) is 12.6 Å². The molecule has 0 aliphatic rings. The Labute approximate surface area is 138 Å². The van der Waals surface area contributed by atoms with Gasteiger partial charge >= 0.3 is 0 Å². The molecule has 1 aromatic carbocycles. The Kier molecular flexibility index (Phi) is 5.61. The highest BCUT2D eigenvalue weighted by Crippen LogP contribution is 2.14. The van der Waals surface area contributed by atoms with Gasteiger partial charge in [0.05, 0.1) is 12.6 Å². The number of amides is 3. The van der Waals surface area contributed by atoms with Crippen LogP contribution in [0, 0.1) is 0 Å². The van der Waals surface area contributed by atoms with Crippen molar-refractivity contribution >= 4 is 17.7 Å². The number of benzene rings is 1. The van der Waals surface area contributed by atoms with Gasteiger partial charge in [0.25, 0.3) is 0 Å². The SMILES string of the molecule is CNC(=O)[C@H](CC(N)=O)NC(=O)Cn1cc(-c2ccccc2)nn1. The topological polar surface area (TPSA) is 132 Å². The first-order valence-corrected chi connectivity index (χ1v) is 7.24. The maximum absolute atomic E-state index is 12.0. The summed E-state index contributed by atoms with van der Waals surface area (Å²) in [5, 5.41) is 12.7. The fourth-order valence-electron chi connectivity index (χ4n) is 2.09. The molecule has 0 fully saturated rings. The minimum absolute atomic E-state index is 0.133. The van der Waals surface area contributed by atoms with Crippen LogP contribution >= 0.6 is 0 Å². The van der Waals surface area contributed by atoms with Crippen LogP contribution < -0.4 is 16.4 Å². The number of likely N-dealkylation sites (N-methyl/N-ethyl adjacent to an activating group) is 1. The van der Waals surface area contributed by atoms with Crippen molar-refractivity contribution in [3.8, 4) is 11.3 Å². The number of hydrogen-bond donors (Lipinski definition) is 3. The molecule has 4 N–H and O–H groups in total. The van der Waals surface area contributed by atoms with Crippen LogP contribution in [0.4, 0.5) is 0 Å². The van der Waals surface area contributed by atoms with Crippen LogP contribution in [0.5, 0.6) is 0 Å². The molecule has 0 aliphatic carbocycles. The van der Waals surface area contributed by atoms with Crippen molar-refractivity contribution < 1.29 is 14.4 Å². The van der Waals surface area contributed by atoms with E-state index in [0.717, 1.165) is 5.56 Å². The Bertz CT molecular complexity index is 728. The number of carbonyl (C=O) groups is 3. The summed E-state index contributed by atoms with van der Waals surface area (Å²) < 4.78 is 1.35. The van der Waals surface area contributed by atoms with Crippen LogP contribution in [0.3, 0.4) is 0 Å². The van der Waals surface area contributed by atoms with E-state index in [1.807, 2.05) is 30.3 Å². The third kappa shape index (κ3) is 4.63. The minimum Gasteiger partial charge on any atom is -0.370 e. The molecule has 0 unspecified atom stereocenters. The minimum atomic E-state index is -1.02. The lowest BCUT2D eigenvalue weighted by Gasteiger charge is -2.15. The smallest absolute Gasteiger partial charge is 0.242 e. The van der Waals surface area contributed by atoms with E-state index < -0.39 is 23.8 Å². The molecule has 24 heavy (non-hydrogen) atoms. The van der Waals surface area contributed by atoms with Gasteiger partial charge in [0.1, 0.15) is 18.3 Å².